The normalized spacial score (nSPS) is 9.29. The molecule has 0 saturated heterocycles. The Morgan fingerprint density at radius 3 is 1.82 bits per heavy atom. The molecule has 2 heterocycles. The Morgan fingerprint density at radius 2 is 1.47 bits per heavy atom. The van der Waals surface area contributed by atoms with Gasteiger partial charge >= 0.3 is 0 Å². The first kappa shape index (κ1) is 13.1. The zero-order valence-corrected chi connectivity index (χ0v) is 10.1. The zero-order chi connectivity index (χ0) is 12.7. The third kappa shape index (κ3) is 4.20. The summed E-state index contributed by atoms with van der Waals surface area (Å²) < 4.78 is 0. The lowest BCUT2D eigenvalue weighted by Crippen LogP contribution is -1.97. The molecule has 0 bridgehead atoms. The summed E-state index contributed by atoms with van der Waals surface area (Å²) >= 11 is 5.41. The number of nitrogens with zero attached hydrogens (tertiary/aromatic N) is 4. The molecule has 0 fully saturated rings. The minimum atomic E-state index is 0.257. The smallest absolute Gasteiger partial charge is 0.171 e. The van der Waals surface area contributed by atoms with Crippen LogP contribution < -0.4 is 11.5 Å². The molecule has 2 rings (SSSR count). The predicted molar refractivity (Wildman–Crippen MR) is 67.3 cm³/mol. The molecule has 0 saturated carbocycles. The number of aromatic nitrogens is 4. The van der Waals surface area contributed by atoms with Crippen molar-refractivity contribution in [1.29, 1.82) is 0 Å². The van der Waals surface area contributed by atoms with Crippen molar-refractivity contribution < 1.29 is 0 Å². The van der Waals surface area contributed by atoms with E-state index in [1.165, 1.54) is 12.4 Å². The Balaban J connectivity index is 0.000000171. The SMILES string of the molecule is CCc1nccnc1N.Nc1nccnc1Cl. The highest BCUT2D eigenvalue weighted by molar-refractivity contribution is 6.31. The molecule has 17 heavy (non-hydrogen) atoms. The minimum absolute atomic E-state index is 0.257. The van der Waals surface area contributed by atoms with Crippen LogP contribution in [0.5, 0.6) is 0 Å². The molecule has 0 aliphatic carbocycles. The molecule has 0 radical (unpaired) electrons. The summed E-state index contributed by atoms with van der Waals surface area (Å²) in [5.41, 5.74) is 11.5. The van der Waals surface area contributed by atoms with E-state index in [9.17, 15) is 0 Å². The number of hydrogen-bond acceptors (Lipinski definition) is 6. The zero-order valence-electron chi connectivity index (χ0n) is 9.34. The first-order chi connectivity index (χ1) is 8.15. The van der Waals surface area contributed by atoms with E-state index in [0.717, 1.165) is 12.1 Å². The van der Waals surface area contributed by atoms with Crippen molar-refractivity contribution in [2.45, 2.75) is 13.3 Å². The van der Waals surface area contributed by atoms with Crippen LogP contribution >= 0.6 is 11.6 Å². The van der Waals surface area contributed by atoms with Crippen molar-refractivity contribution in [3.8, 4) is 0 Å². The molecule has 6 nitrogen and oxygen atoms in total. The number of nitrogen functional groups attached to an aromatic ring is 2. The van der Waals surface area contributed by atoms with Crippen molar-refractivity contribution in [2.75, 3.05) is 11.5 Å². The maximum atomic E-state index is 5.46. The molecule has 0 amide bonds. The van der Waals surface area contributed by atoms with E-state index in [4.69, 9.17) is 23.1 Å². The molecule has 0 unspecified atom stereocenters. The van der Waals surface area contributed by atoms with Crippen LogP contribution in [0, 0.1) is 0 Å². The lowest BCUT2D eigenvalue weighted by molar-refractivity contribution is 1.01. The van der Waals surface area contributed by atoms with E-state index in [1.807, 2.05) is 6.92 Å². The fourth-order valence-electron chi connectivity index (χ4n) is 0.982. The van der Waals surface area contributed by atoms with Gasteiger partial charge < -0.3 is 11.5 Å². The van der Waals surface area contributed by atoms with Gasteiger partial charge in [0.15, 0.2) is 11.0 Å². The van der Waals surface area contributed by atoms with Crippen LogP contribution in [0.15, 0.2) is 24.8 Å². The van der Waals surface area contributed by atoms with Gasteiger partial charge in [0.1, 0.15) is 5.82 Å². The lowest BCUT2D eigenvalue weighted by Gasteiger charge is -1.96. The molecule has 0 aliphatic rings. The Kier molecular flexibility index (Phi) is 5.09. The minimum Gasteiger partial charge on any atom is -0.382 e. The highest BCUT2D eigenvalue weighted by atomic mass is 35.5. The Morgan fingerprint density at radius 1 is 0.941 bits per heavy atom. The number of halogens is 1. The molecule has 2 aromatic rings. The van der Waals surface area contributed by atoms with Crippen LogP contribution in [0.2, 0.25) is 5.15 Å². The van der Waals surface area contributed by atoms with Gasteiger partial charge in [-0.25, -0.2) is 15.0 Å². The van der Waals surface area contributed by atoms with Crippen LogP contribution in [0.4, 0.5) is 11.6 Å². The highest BCUT2D eigenvalue weighted by Crippen LogP contribution is 2.08. The van der Waals surface area contributed by atoms with Crippen LogP contribution in [0.1, 0.15) is 12.6 Å². The summed E-state index contributed by atoms with van der Waals surface area (Å²) in [5, 5.41) is 0.257. The maximum absolute atomic E-state index is 5.46. The topological polar surface area (TPSA) is 104 Å². The molecule has 2 aromatic heterocycles. The van der Waals surface area contributed by atoms with E-state index in [0.29, 0.717) is 5.82 Å². The Hall–Kier alpha value is -1.95. The van der Waals surface area contributed by atoms with E-state index in [1.54, 1.807) is 12.4 Å². The summed E-state index contributed by atoms with van der Waals surface area (Å²) in [6, 6.07) is 0. The molecular formula is C10H13ClN6. The van der Waals surface area contributed by atoms with Gasteiger partial charge in [0.05, 0.1) is 5.69 Å². The molecule has 4 N–H and O–H groups in total. The van der Waals surface area contributed by atoms with Gasteiger partial charge in [-0.15, -0.1) is 0 Å². The van der Waals surface area contributed by atoms with Crippen molar-refractivity contribution >= 4 is 23.2 Å². The average Bonchev–Trinajstić information content (AvgIpc) is 2.34. The number of hydrogen-bond donors (Lipinski definition) is 2. The van der Waals surface area contributed by atoms with Crippen molar-refractivity contribution in [3.05, 3.63) is 35.6 Å². The third-order valence-electron chi connectivity index (χ3n) is 1.82. The largest absolute Gasteiger partial charge is 0.382 e. The number of anilines is 2. The van der Waals surface area contributed by atoms with E-state index < -0.39 is 0 Å². The summed E-state index contributed by atoms with van der Waals surface area (Å²) in [4.78, 5) is 15.2. The fourth-order valence-corrected chi connectivity index (χ4v) is 1.09. The molecular weight excluding hydrogens is 240 g/mol. The fraction of sp³-hybridized carbons (Fsp3) is 0.200. The van der Waals surface area contributed by atoms with Gasteiger partial charge in [-0.1, -0.05) is 18.5 Å². The molecule has 0 aromatic carbocycles. The molecule has 0 aliphatic heterocycles. The van der Waals surface area contributed by atoms with Gasteiger partial charge in [0.2, 0.25) is 0 Å². The van der Waals surface area contributed by atoms with Crippen molar-refractivity contribution in [3.63, 3.8) is 0 Å². The first-order valence-electron chi connectivity index (χ1n) is 4.92. The van der Waals surface area contributed by atoms with Crippen molar-refractivity contribution in [2.24, 2.45) is 0 Å². The van der Waals surface area contributed by atoms with E-state index >= 15 is 0 Å². The number of rotatable bonds is 1. The summed E-state index contributed by atoms with van der Waals surface area (Å²) in [6.07, 6.45) is 7.06. The molecule has 0 atom stereocenters. The van der Waals surface area contributed by atoms with Crippen LogP contribution in [0.3, 0.4) is 0 Å². The second-order valence-electron chi connectivity index (χ2n) is 2.97. The summed E-state index contributed by atoms with van der Waals surface area (Å²) in [6.45, 7) is 2.00. The molecule has 7 heteroatoms. The van der Waals surface area contributed by atoms with E-state index in [2.05, 4.69) is 19.9 Å². The quantitative estimate of drug-likeness (QED) is 0.794. The van der Waals surface area contributed by atoms with E-state index in [-0.39, 0.29) is 11.0 Å². The highest BCUT2D eigenvalue weighted by Gasteiger charge is 1.94. The lowest BCUT2D eigenvalue weighted by atomic mass is 10.3. The predicted octanol–water partition coefficient (Wildman–Crippen LogP) is 1.33. The van der Waals surface area contributed by atoms with Crippen LogP contribution in [-0.2, 0) is 6.42 Å². The second-order valence-corrected chi connectivity index (χ2v) is 3.33. The average molecular weight is 253 g/mol. The van der Waals surface area contributed by atoms with Gasteiger partial charge in [0, 0.05) is 24.8 Å². The van der Waals surface area contributed by atoms with Crippen LogP contribution in [0.25, 0.3) is 0 Å². The molecule has 90 valence electrons. The third-order valence-corrected chi connectivity index (χ3v) is 2.11. The summed E-state index contributed by atoms with van der Waals surface area (Å²) in [5.74, 6) is 0.814. The van der Waals surface area contributed by atoms with Crippen molar-refractivity contribution in [1.82, 2.24) is 19.9 Å². The standard InChI is InChI=1S/C6H9N3.C4H4ClN3/c1-2-5-6(7)9-4-3-8-5;5-3-4(6)8-2-1-7-3/h3-4H,2H2,1H3,(H2,7,9);1-2H,(H2,6,8). The Bertz CT molecular complexity index is 455. The number of aryl methyl sites for hydroxylation is 1. The number of nitrogens with two attached hydrogens (primary N) is 2. The van der Waals surface area contributed by atoms with Gasteiger partial charge in [-0.05, 0) is 6.42 Å². The monoisotopic (exact) mass is 252 g/mol. The second kappa shape index (κ2) is 6.59. The van der Waals surface area contributed by atoms with Gasteiger partial charge in [-0.3, -0.25) is 4.98 Å². The molecule has 0 spiro atoms. The summed E-state index contributed by atoms with van der Waals surface area (Å²) in [7, 11) is 0. The van der Waals surface area contributed by atoms with Gasteiger partial charge in [-0.2, -0.15) is 0 Å². The Labute approximate surface area is 104 Å². The van der Waals surface area contributed by atoms with Gasteiger partial charge in [0.25, 0.3) is 0 Å². The maximum Gasteiger partial charge on any atom is 0.171 e. The van der Waals surface area contributed by atoms with Crippen LogP contribution in [-0.4, -0.2) is 19.9 Å². The first-order valence-corrected chi connectivity index (χ1v) is 5.30.